The Bertz CT molecular complexity index is 842. The quantitative estimate of drug-likeness (QED) is 0.716. The van der Waals surface area contributed by atoms with Gasteiger partial charge in [-0.2, -0.15) is 4.52 Å². The van der Waals surface area contributed by atoms with Gasteiger partial charge in [-0.1, -0.05) is 23.2 Å². The molecule has 9 heteroatoms. The average Bonchev–Trinajstić information content (AvgIpc) is 3.16. The van der Waals surface area contributed by atoms with Crippen molar-refractivity contribution in [1.82, 2.24) is 30.0 Å². The normalized spacial score (nSPS) is 14.9. The second-order valence-electron chi connectivity index (χ2n) is 5.05. The molecule has 22 heavy (non-hydrogen) atoms. The van der Waals surface area contributed by atoms with Crippen molar-refractivity contribution in [3.63, 3.8) is 0 Å². The van der Waals surface area contributed by atoms with E-state index in [1.54, 1.807) is 22.7 Å². The summed E-state index contributed by atoms with van der Waals surface area (Å²) >= 11 is 12.2. The predicted molar refractivity (Wildman–Crippen MR) is 83.3 cm³/mol. The standard InChI is InChI=1S/C13H11Cl2N7/c14-8-3-4-9(10(15)7-8)11-16-17-12-18-19-13(20-22(11)12)21-5-1-2-6-21/h3-4,7H,1-2,5-6H2. The molecule has 0 atom stereocenters. The summed E-state index contributed by atoms with van der Waals surface area (Å²) in [6.07, 6.45) is 2.28. The van der Waals surface area contributed by atoms with E-state index < -0.39 is 0 Å². The average molecular weight is 336 g/mol. The molecule has 1 aliphatic rings. The summed E-state index contributed by atoms with van der Waals surface area (Å²) in [7, 11) is 0. The molecule has 2 aromatic heterocycles. The zero-order valence-corrected chi connectivity index (χ0v) is 13.0. The van der Waals surface area contributed by atoms with Gasteiger partial charge in [0.25, 0.3) is 11.7 Å². The van der Waals surface area contributed by atoms with Gasteiger partial charge in [0.1, 0.15) is 0 Å². The fraction of sp³-hybridized carbons (Fsp3) is 0.308. The first-order valence-corrected chi connectivity index (χ1v) is 7.64. The molecular formula is C13H11Cl2N7. The zero-order valence-electron chi connectivity index (χ0n) is 11.4. The molecule has 0 bridgehead atoms. The van der Waals surface area contributed by atoms with Crippen LogP contribution < -0.4 is 4.90 Å². The highest BCUT2D eigenvalue weighted by atomic mass is 35.5. The summed E-state index contributed by atoms with van der Waals surface area (Å²) in [6, 6.07) is 5.20. The van der Waals surface area contributed by atoms with Crippen molar-refractivity contribution in [2.24, 2.45) is 0 Å². The van der Waals surface area contributed by atoms with Crippen LogP contribution in [0.3, 0.4) is 0 Å². The highest BCUT2D eigenvalue weighted by Crippen LogP contribution is 2.29. The number of halogens is 2. The number of fused-ring (bicyclic) bond motifs is 1. The molecule has 0 unspecified atom stereocenters. The Morgan fingerprint density at radius 2 is 1.73 bits per heavy atom. The second kappa shape index (κ2) is 5.33. The van der Waals surface area contributed by atoms with Crippen LogP contribution in [0.25, 0.3) is 17.2 Å². The maximum Gasteiger partial charge on any atom is 0.291 e. The van der Waals surface area contributed by atoms with Gasteiger partial charge in [-0.15, -0.1) is 25.5 Å². The lowest BCUT2D eigenvalue weighted by molar-refractivity contribution is 0.775. The van der Waals surface area contributed by atoms with E-state index >= 15 is 0 Å². The lowest BCUT2D eigenvalue weighted by atomic mass is 10.2. The molecule has 0 N–H and O–H groups in total. The van der Waals surface area contributed by atoms with Gasteiger partial charge < -0.3 is 4.90 Å². The van der Waals surface area contributed by atoms with Crippen molar-refractivity contribution in [3.05, 3.63) is 28.2 Å². The second-order valence-corrected chi connectivity index (χ2v) is 5.90. The first-order valence-electron chi connectivity index (χ1n) is 6.89. The summed E-state index contributed by atoms with van der Waals surface area (Å²) in [4.78, 5) is 2.10. The lowest BCUT2D eigenvalue weighted by Gasteiger charge is -2.13. The van der Waals surface area contributed by atoms with Crippen LogP contribution in [-0.2, 0) is 0 Å². The highest BCUT2D eigenvalue weighted by Gasteiger charge is 2.19. The third-order valence-electron chi connectivity index (χ3n) is 3.60. The van der Waals surface area contributed by atoms with Gasteiger partial charge in [-0.25, -0.2) is 0 Å². The molecule has 1 saturated heterocycles. The number of hydrogen-bond donors (Lipinski definition) is 0. The molecule has 3 aromatic rings. The Morgan fingerprint density at radius 3 is 2.50 bits per heavy atom. The van der Waals surface area contributed by atoms with E-state index in [1.807, 2.05) is 0 Å². The fourth-order valence-electron chi connectivity index (χ4n) is 2.51. The molecule has 1 aliphatic heterocycles. The SMILES string of the molecule is Clc1ccc(-c2nnc3nnc(N4CCCC4)nn23)c(Cl)c1. The van der Waals surface area contributed by atoms with Gasteiger partial charge in [-0.05, 0) is 31.0 Å². The molecule has 0 amide bonds. The molecular weight excluding hydrogens is 325 g/mol. The van der Waals surface area contributed by atoms with Gasteiger partial charge in [0.15, 0.2) is 5.82 Å². The summed E-state index contributed by atoms with van der Waals surface area (Å²) in [5.41, 5.74) is 0.700. The molecule has 0 saturated carbocycles. The molecule has 0 radical (unpaired) electrons. The van der Waals surface area contributed by atoms with Crippen LogP contribution in [0, 0.1) is 0 Å². The number of anilines is 1. The molecule has 0 aliphatic carbocycles. The van der Waals surface area contributed by atoms with Crippen LogP contribution in [0.1, 0.15) is 12.8 Å². The molecule has 1 aromatic carbocycles. The summed E-state index contributed by atoms with van der Waals surface area (Å²) in [5, 5.41) is 21.9. The van der Waals surface area contributed by atoms with Crippen molar-refractivity contribution >= 4 is 34.9 Å². The largest absolute Gasteiger partial charge is 0.338 e. The number of hydrogen-bond acceptors (Lipinski definition) is 6. The van der Waals surface area contributed by atoms with E-state index in [1.165, 1.54) is 0 Å². The smallest absolute Gasteiger partial charge is 0.291 e. The molecule has 4 rings (SSSR count). The minimum Gasteiger partial charge on any atom is -0.338 e. The van der Waals surface area contributed by atoms with Crippen LogP contribution in [-0.4, -0.2) is 43.1 Å². The van der Waals surface area contributed by atoms with Crippen LogP contribution in [0.4, 0.5) is 5.95 Å². The molecule has 3 heterocycles. The van der Waals surface area contributed by atoms with E-state index in [-0.39, 0.29) is 0 Å². The van der Waals surface area contributed by atoms with Crippen molar-refractivity contribution in [2.45, 2.75) is 12.8 Å². The third kappa shape index (κ3) is 2.26. The maximum atomic E-state index is 6.25. The Labute approximate surface area is 135 Å². The van der Waals surface area contributed by atoms with Crippen molar-refractivity contribution in [1.29, 1.82) is 0 Å². The van der Waals surface area contributed by atoms with E-state index in [0.29, 0.717) is 33.2 Å². The van der Waals surface area contributed by atoms with Gasteiger partial charge in [0, 0.05) is 23.7 Å². The van der Waals surface area contributed by atoms with E-state index in [2.05, 4.69) is 30.4 Å². The van der Waals surface area contributed by atoms with Crippen molar-refractivity contribution in [2.75, 3.05) is 18.0 Å². The first kappa shape index (κ1) is 13.7. The van der Waals surface area contributed by atoms with Gasteiger partial charge in [0.05, 0.1) is 5.02 Å². The Hall–Kier alpha value is -1.99. The topological polar surface area (TPSA) is 72.1 Å². The van der Waals surface area contributed by atoms with E-state index in [0.717, 1.165) is 25.9 Å². The van der Waals surface area contributed by atoms with E-state index in [9.17, 15) is 0 Å². The van der Waals surface area contributed by atoms with Crippen LogP contribution in [0.5, 0.6) is 0 Å². The summed E-state index contributed by atoms with van der Waals surface area (Å²) in [5.74, 6) is 1.44. The van der Waals surface area contributed by atoms with E-state index in [4.69, 9.17) is 23.2 Å². The Morgan fingerprint density at radius 1 is 0.955 bits per heavy atom. The van der Waals surface area contributed by atoms with Crippen LogP contribution >= 0.6 is 23.2 Å². The number of rotatable bonds is 2. The molecule has 0 spiro atoms. The Kier molecular flexibility index (Phi) is 3.31. The predicted octanol–water partition coefficient (Wildman–Crippen LogP) is 2.49. The fourth-order valence-corrected chi connectivity index (χ4v) is 3.00. The zero-order chi connectivity index (χ0) is 15.1. The third-order valence-corrected chi connectivity index (χ3v) is 4.15. The molecule has 112 valence electrons. The van der Waals surface area contributed by atoms with Crippen LogP contribution in [0.15, 0.2) is 18.2 Å². The highest BCUT2D eigenvalue weighted by molar-refractivity contribution is 6.36. The molecule has 7 nitrogen and oxygen atoms in total. The minimum absolute atomic E-state index is 0.337. The van der Waals surface area contributed by atoms with Crippen molar-refractivity contribution in [3.8, 4) is 11.4 Å². The Balaban J connectivity index is 1.85. The maximum absolute atomic E-state index is 6.25. The van der Waals surface area contributed by atoms with Crippen LogP contribution in [0.2, 0.25) is 10.0 Å². The van der Waals surface area contributed by atoms with Gasteiger partial charge in [-0.3, -0.25) is 0 Å². The summed E-state index contributed by atoms with van der Waals surface area (Å²) in [6.45, 7) is 1.87. The van der Waals surface area contributed by atoms with Crippen molar-refractivity contribution < 1.29 is 0 Å². The summed E-state index contributed by atoms with van der Waals surface area (Å²) < 4.78 is 1.57. The van der Waals surface area contributed by atoms with Gasteiger partial charge >= 0.3 is 0 Å². The number of nitrogens with zero attached hydrogens (tertiary/aromatic N) is 7. The minimum atomic E-state index is 0.337. The number of aromatic nitrogens is 6. The number of benzene rings is 1. The van der Waals surface area contributed by atoms with Gasteiger partial charge in [0.2, 0.25) is 0 Å². The first-order chi connectivity index (χ1) is 10.7. The monoisotopic (exact) mass is 335 g/mol. The lowest BCUT2D eigenvalue weighted by Crippen LogP contribution is -2.22. The molecule has 1 fully saturated rings.